The van der Waals surface area contributed by atoms with E-state index in [9.17, 15) is 4.79 Å². The Morgan fingerprint density at radius 3 is 2.75 bits per heavy atom. The molecule has 4 rings (SSSR count). The number of nitrogens with one attached hydrogen (secondary N) is 1. The quantitative estimate of drug-likeness (QED) is 0.500. The molecule has 0 saturated heterocycles. The molecule has 0 radical (unpaired) electrons. The zero-order valence-electron chi connectivity index (χ0n) is 15.4. The minimum absolute atomic E-state index is 0.0812. The van der Waals surface area contributed by atoms with Gasteiger partial charge in [-0.15, -0.1) is 5.10 Å². The molecule has 0 bridgehead atoms. The third-order valence-electron chi connectivity index (χ3n) is 4.35. The molecule has 4 aromatic rings. The Morgan fingerprint density at radius 1 is 1.21 bits per heavy atom. The van der Waals surface area contributed by atoms with Crippen LogP contribution in [-0.2, 0) is 0 Å². The summed E-state index contributed by atoms with van der Waals surface area (Å²) < 4.78 is 6.92. The van der Waals surface area contributed by atoms with E-state index in [2.05, 4.69) is 27.3 Å². The molecule has 3 heterocycles. The molecule has 0 aliphatic rings. The number of amides is 1. The van der Waals surface area contributed by atoms with Crippen molar-refractivity contribution in [3.05, 3.63) is 54.4 Å². The summed E-state index contributed by atoms with van der Waals surface area (Å²) in [6.07, 6.45) is 5.32. The van der Waals surface area contributed by atoms with Crippen molar-refractivity contribution in [2.24, 2.45) is 0 Å². The van der Waals surface area contributed by atoms with E-state index in [1.165, 1.54) is 0 Å². The number of nitrogens with two attached hydrogens (primary N) is 1. The number of hydrogen-bond acceptors (Lipinski definition) is 6. The fourth-order valence-electron chi connectivity index (χ4n) is 2.83. The van der Waals surface area contributed by atoms with Crippen LogP contribution >= 0.6 is 0 Å². The van der Waals surface area contributed by atoms with Crippen molar-refractivity contribution in [1.29, 1.82) is 0 Å². The number of anilines is 1. The minimum Gasteiger partial charge on any atom is -0.461 e. The molecule has 0 atom stereocenters. The van der Waals surface area contributed by atoms with Crippen LogP contribution in [0.25, 0.3) is 28.5 Å². The van der Waals surface area contributed by atoms with Crippen molar-refractivity contribution in [1.82, 2.24) is 24.9 Å². The number of hydrogen-bond donors (Lipinski definition) is 2. The zero-order valence-corrected chi connectivity index (χ0v) is 15.4. The molecule has 0 aliphatic carbocycles. The molecule has 1 amide bonds. The summed E-state index contributed by atoms with van der Waals surface area (Å²) >= 11 is 0. The minimum atomic E-state index is -0.0812. The van der Waals surface area contributed by atoms with Gasteiger partial charge in [-0.3, -0.25) is 4.79 Å². The Balaban J connectivity index is 1.61. The van der Waals surface area contributed by atoms with Crippen LogP contribution in [0.4, 0.5) is 5.82 Å². The first-order valence-electron chi connectivity index (χ1n) is 9.11. The van der Waals surface area contributed by atoms with E-state index in [4.69, 9.17) is 10.2 Å². The maximum absolute atomic E-state index is 12.1. The van der Waals surface area contributed by atoms with Crippen LogP contribution in [0, 0.1) is 0 Å². The molecule has 3 N–H and O–H groups in total. The standard InChI is InChI=1S/C20H20N6O2/c1-2-3-10-22-20(27)14-8-6-13(7-9-14)15-12-26-19(17(21)23-15)24-18(25-26)16-5-4-11-28-16/h4-9,11-12H,2-3,10H2,1H3,(H2,21,23)(H,22,27). The van der Waals surface area contributed by atoms with Gasteiger partial charge in [-0.1, -0.05) is 25.5 Å². The number of aromatic nitrogens is 4. The van der Waals surface area contributed by atoms with E-state index in [1.54, 1.807) is 41.2 Å². The number of nitrogens with zero attached hydrogens (tertiary/aromatic N) is 4. The summed E-state index contributed by atoms with van der Waals surface area (Å²) in [5.74, 6) is 1.18. The van der Waals surface area contributed by atoms with E-state index in [0.29, 0.717) is 35.0 Å². The molecule has 0 unspecified atom stereocenters. The van der Waals surface area contributed by atoms with E-state index in [0.717, 1.165) is 18.4 Å². The summed E-state index contributed by atoms with van der Waals surface area (Å²) in [4.78, 5) is 20.9. The number of nitrogen functional groups attached to an aromatic ring is 1. The summed E-state index contributed by atoms with van der Waals surface area (Å²) in [7, 11) is 0. The van der Waals surface area contributed by atoms with Gasteiger partial charge < -0.3 is 15.5 Å². The largest absolute Gasteiger partial charge is 0.461 e. The molecule has 0 spiro atoms. The molecule has 1 aromatic carbocycles. The van der Waals surface area contributed by atoms with Crippen LogP contribution in [-0.4, -0.2) is 32.0 Å². The fraction of sp³-hybridized carbons (Fsp3) is 0.200. The number of carbonyl (C=O) groups excluding carboxylic acids is 1. The van der Waals surface area contributed by atoms with Crippen molar-refractivity contribution in [2.75, 3.05) is 12.3 Å². The van der Waals surface area contributed by atoms with E-state index >= 15 is 0 Å². The Bertz CT molecular complexity index is 1100. The Hall–Kier alpha value is -3.68. The average Bonchev–Trinajstić information content (AvgIpc) is 3.38. The van der Waals surface area contributed by atoms with E-state index in [1.807, 2.05) is 12.1 Å². The van der Waals surface area contributed by atoms with Crippen molar-refractivity contribution >= 4 is 17.4 Å². The van der Waals surface area contributed by atoms with Crippen molar-refractivity contribution in [2.45, 2.75) is 19.8 Å². The van der Waals surface area contributed by atoms with Gasteiger partial charge in [-0.25, -0.2) is 14.5 Å². The van der Waals surface area contributed by atoms with E-state index in [-0.39, 0.29) is 11.7 Å². The van der Waals surface area contributed by atoms with Crippen molar-refractivity contribution < 1.29 is 9.21 Å². The number of fused-ring (bicyclic) bond motifs is 1. The van der Waals surface area contributed by atoms with Crippen LogP contribution in [0.1, 0.15) is 30.1 Å². The molecule has 8 heteroatoms. The second-order valence-corrected chi connectivity index (χ2v) is 6.38. The van der Waals surface area contributed by atoms with E-state index < -0.39 is 0 Å². The molecule has 0 saturated carbocycles. The van der Waals surface area contributed by atoms with Crippen LogP contribution < -0.4 is 11.1 Å². The van der Waals surface area contributed by atoms with Gasteiger partial charge in [0.25, 0.3) is 5.91 Å². The second kappa shape index (κ2) is 7.51. The maximum Gasteiger partial charge on any atom is 0.251 e. The SMILES string of the molecule is CCCCNC(=O)c1ccc(-c2cn3nc(-c4ccco4)nc3c(N)n2)cc1. The molecular weight excluding hydrogens is 356 g/mol. The predicted octanol–water partition coefficient (Wildman–Crippen LogP) is 3.16. The van der Waals surface area contributed by atoms with Crippen LogP contribution in [0.5, 0.6) is 0 Å². The highest BCUT2D eigenvalue weighted by atomic mass is 16.3. The van der Waals surface area contributed by atoms with Gasteiger partial charge >= 0.3 is 0 Å². The normalized spacial score (nSPS) is 11.0. The molecule has 142 valence electrons. The zero-order chi connectivity index (χ0) is 19.5. The first-order chi connectivity index (χ1) is 13.7. The van der Waals surface area contributed by atoms with Crippen LogP contribution in [0.3, 0.4) is 0 Å². The second-order valence-electron chi connectivity index (χ2n) is 6.38. The molecule has 0 fully saturated rings. The third-order valence-corrected chi connectivity index (χ3v) is 4.35. The Morgan fingerprint density at radius 2 is 2.04 bits per heavy atom. The molecular formula is C20H20N6O2. The summed E-state index contributed by atoms with van der Waals surface area (Å²) in [5, 5.41) is 7.32. The highest BCUT2D eigenvalue weighted by molar-refractivity contribution is 5.94. The van der Waals surface area contributed by atoms with Gasteiger partial charge in [0, 0.05) is 17.7 Å². The smallest absolute Gasteiger partial charge is 0.251 e. The lowest BCUT2D eigenvalue weighted by atomic mass is 10.1. The first-order valence-corrected chi connectivity index (χ1v) is 9.11. The monoisotopic (exact) mass is 376 g/mol. The summed E-state index contributed by atoms with van der Waals surface area (Å²) in [5.41, 5.74) is 8.61. The fourth-order valence-corrected chi connectivity index (χ4v) is 2.83. The maximum atomic E-state index is 12.1. The van der Waals surface area contributed by atoms with Gasteiger partial charge in [0.2, 0.25) is 5.82 Å². The van der Waals surface area contributed by atoms with Gasteiger partial charge in [0.05, 0.1) is 18.2 Å². The Labute approximate surface area is 161 Å². The topological polar surface area (TPSA) is 111 Å². The number of unbranched alkanes of at least 4 members (excludes halogenated alkanes) is 1. The van der Waals surface area contributed by atoms with Crippen LogP contribution in [0.15, 0.2) is 53.3 Å². The molecule has 8 nitrogen and oxygen atoms in total. The number of furan rings is 1. The molecule has 0 aliphatic heterocycles. The van der Waals surface area contributed by atoms with Gasteiger partial charge in [0.15, 0.2) is 17.2 Å². The number of rotatable bonds is 6. The number of carbonyl (C=O) groups is 1. The molecule has 3 aromatic heterocycles. The van der Waals surface area contributed by atoms with Gasteiger partial charge in [-0.2, -0.15) is 0 Å². The van der Waals surface area contributed by atoms with Crippen LogP contribution in [0.2, 0.25) is 0 Å². The molecule has 28 heavy (non-hydrogen) atoms. The van der Waals surface area contributed by atoms with Gasteiger partial charge in [0.1, 0.15) is 0 Å². The summed E-state index contributed by atoms with van der Waals surface area (Å²) in [6.45, 7) is 2.76. The lowest BCUT2D eigenvalue weighted by Crippen LogP contribution is -2.24. The van der Waals surface area contributed by atoms with Gasteiger partial charge in [-0.05, 0) is 30.7 Å². The summed E-state index contributed by atoms with van der Waals surface area (Å²) in [6, 6.07) is 10.8. The van der Waals surface area contributed by atoms with Crippen molar-refractivity contribution in [3.8, 4) is 22.8 Å². The highest BCUT2D eigenvalue weighted by Gasteiger charge is 2.14. The predicted molar refractivity (Wildman–Crippen MR) is 106 cm³/mol. The third kappa shape index (κ3) is 3.44. The first kappa shape index (κ1) is 17.7. The highest BCUT2D eigenvalue weighted by Crippen LogP contribution is 2.23. The average molecular weight is 376 g/mol. The Kier molecular flexibility index (Phi) is 4.76. The number of benzene rings is 1. The lowest BCUT2D eigenvalue weighted by molar-refractivity contribution is 0.0953. The van der Waals surface area contributed by atoms with Crippen molar-refractivity contribution in [3.63, 3.8) is 0 Å². The lowest BCUT2D eigenvalue weighted by Gasteiger charge is -2.06.